The molecule has 0 aliphatic carbocycles. The SMILES string of the molecule is Cc1ncc([C@@H](O)CC(=O)O)s1. The third-order valence-corrected chi connectivity index (χ3v) is 2.35. The second-order valence-corrected chi connectivity index (χ2v) is 3.66. The number of carboxylic acids is 1. The molecule has 0 radical (unpaired) electrons. The van der Waals surface area contributed by atoms with Gasteiger partial charge in [0.1, 0.15) is 6.10 Å². The van der Waals surface area contributed by atoms with Gasteiger partial charge in [-0.3, -0.25) is 4.79 Å². The van der Waals surface area contributed by atoms with Crippen LogP contribution in [-0.2, 0) is 4.79 Å². The van der Waals surface area contributed by atoms with Crippen LogP contribution < -0.4 is 0 Å². The Hall–Kier alpha value is -0.940. The van der Waals surface area contributed by atoms with Gasteiger partial charge in [0.2, 0.25) is 0 Å². The number of rotatable bonds is 3. The first-order valence-corrected chi connectivity index (χ1v) is 4.23. The van der Waals surface area contributed by atoms with Crippen molar-refractivity contribution in [3.8, 4) is 0 Å². The van der Waals surface area contributed by atoms with Crippen molar-refractivity contribution in [1.29, 1.82) is 0 Å². The van der Waals surface area contributed by atoms with Crippen molar-refractivity contribution in [3.63, 3.8) is 0 Å². The second-order valence-electron chi connectivity index (χ2n) is 2.40. The van der Waals surface area contributed by atoms with Crippen LogP contribution in [0.3, 0.4) is 0 Å². The lowest BCUT2D eigenvalue weighted by atomic mass is 10.2. The van der Waals surface area contributed by atoms with Gasteiger partial charge in [0.15, 0.2) is 0 Å². The molecule has 0 aromatic carbocycles. The monoisotopic (exact) mass is 187 g/mol. The van der Waals surface area contributed by atoms with Gasteiger partial charge < -0.3 is 10.2 Å². The maximum Gasteiger partial charge on any atom is 0.306 e. The van der Waals surface area contributed by atoms with Crippen LogP contribution in [0.15, 0.2) is 6.20 Å². The maximum atomic E-state index is 10.2. The summed E-state index contributed by atoms with van der Waals surface area (Å²) in [5.41, 5.74) is 0. The standard InChI is InChI=1S/C7H9NO3S/c1-4-8-3-6(12-4)5(9)2-7(10)11/h3,5,9H,2H2,1H3,(H,10,11)/t5-/m0/s1. The molecule has 0 saturated heterocycles. The number of aromatic nitrogens is 1. The molecule has 1 rings (SSSR count). The Morgan fingerprint density at radius 1 is 1.83 bits per heavy atom. The van der Waals surface area contributed by atoms with E-state index in [0.29, 0.717) is 4.88 Å². The van der Waals surface area contributed by atoms with Gasteiger partial charge in [0, 0.05) is 6.20 Å². The van der Waals surface area contributed by atoms with Crippen molar-refractivity contribution < 1.29 is 15.0 Å². The Balaban J connectivity index is 2.64. The van der Waals surface area contributed by atoms with E-state index in [-0.39, 0.29) is 6.42 Å². The number of nitrogens with zero attached hydrogens (tertiary/aromatic N) is 1. The van der Waals surface area contributed by atoms with Crippen molar-refractivity contribution in [2.45, 2.75) is 19.4 Å². The molecule has 0 spiro atoms. The number of carboxylic acid groups (broad SMARTS) is 1. The van der Waals surface area contributed by atoms with Gasteiger partial charge in [-0.2, -0.15) is 0 Å². The summed E-state index contributed by atoms with van der Waals surface area (Å²) in [6, 6.07) is 0. The third kappa shape index (κ3) is 2.28. The molecule has 12 heavy (non-hydrogen) atoms. The maximum absolute atomic E-state index is 10.2. The fraction of sp³-hybridized carbons (Fsp3) is 0.429. The van der Waals surface area contributed by atoms with Crippen LogP contribution in [0.25, 0.3) is 0 Å². The summed E-state index contributed by atoms with van der Waals surface area (Å²) >= 11 is 1.31. The lowest BCUT2D eigenvalue weighted by molar-refractivity contribution is -0.139. The summed E-state index contributed by atoms with van der Waals surface area (Å²) in [5, 5.41) is 18.5. The summed E-state index contributed by atoms with van der Waals surface area (Å²) in [6.07, 6.45) is 0.323. The molecule has 0 aliphatic rings. The first-order chi connectivity index (χ1) is 5.59. The van der Waals surface area contributed by atoms with Gasteiger partial charge in [-0.25, -0.2) is 4.98 Å². The number of aliphatic hydroxyl groups excluding tert-OH is 1. The van der Waals surface area contributed by atoms with Crippen LogP contribution in [0.4, 0.5) is 0 Å². The van der Waals surface area contributed by atoms with Gasteiger partial charge >= 0.3 is 5.97 Å². The van der Waals surface area contributed by atoms with E-state index in [1.165, 1.54) is 17.5 Å². The number of thiazole rings is 1. The van der Waals surface area contributed by atoms with Crippen LogP contribution >= 0.6 is 11.3 Å². The Labute approximate surface area is 73.5 Å². The zero-order chi connectivity index (χ0) is 9.14. The van der Waals surface area contributed by atoms with Crippen LogP contribution in [0.5, 0.6) is 0 Å². The van der Waals surface area contributed by atoms with E-state index in [1.807, 2.05) is 6.92 Å². The van der Waals surface area contributed by atoms with Crippen molar-refractivity contribution >= 4 is 17.3 Å². The molecule has 1 aromatic heterocycles. The minimum atomic E-state index is -1.01. The van der Waals surface area contributed by atoms with Gasteiger partial charge in [-0.05, 0) is 6.92 Å². The van der Waals surface area contributed by atoms with Gasteiger partial charge in [-0.1, -0.05) is 0 Å². The van der Waals surface area contributed by atoms with Crippen molar-refractivity contribution in [1.82, 2.24) is 4.98 Å². The number of carbonyl (C=O) groups is 1. The van der Waals surface area contributed by atoms with E-state index in [2.05, 4.69) is 4.98 Å². The minimum Gasteiger partial charge on any atom is -0.481 e. The third-order valence-electron chi connectivity index (χ3n) is 1.34. The number of aryl methyl sites for hydroxylation is 1. The zero-order valence-corrected chi connectivity index (χ0v) is 7.34. The fourth-order valence-corrected chi connectivity index (χ4v) is 1.57. The summed E-state index contributed by atoms with van der Waals surface area (Å²) in [4.78, 5) is 14.7. The van der Waals surface area contributed by atoms with E-state index < -0.39 is 12.1 Å². The lowest BCUT2D eigenvalue weighted by Gasteiger charge is -2.02. The molecule has 0 amide bonds. The highest BCUT2D eigenvalue weighted by Gasteiger charge is 2.13. The molecule has 0 aliphatic heterocycles. The normalized spacial score (nSPS) is 12.8. The highest BCUT2D eigenvalue weighted by atomic mass is 32.1. The van der Waals surface area contributed by atoms with Crippen LogP contribution in [0, 0.1) is 6.92 Å². The molecule has 0 bridgehead atoms. The molecule has 1 aromatic rings. The van der Waals surface area contributed by atoms with Crippen molar-refractivity contribution in [3.05, 3.63) is 16.1 Å². The summed E-state index contributed by atoms with van der Waals surface area (Å²) in [7, 11) is 0. The number of aliphatic carboxylic acids is 1. The molecule has 5 heteroatoms. The summed E-state index contributed by atoms with van der Waals surface area (Å²) < 4.78 is 0. The predicted molar refractivity (Wildman–Crippen MR) is 44.1 cm³/mol. The molecule has 0 fully saturated rings. The summed E-state index contributed by atoms with van der Waals surface area (Å²) in [6.45, 7) is 1.81. The van der Waals surface area contributed by atoms with E-state index in [9.17, 15) is 9.90 Å². The minimum absolute atomic E-state index is 0.262. The largest absolute Gasteiger partial charge is 0.481 e. The fourth-order valence-electron chi connectivity index (χ4n) is 0.798. The highest BCUT2D eigenvalue weighted by Crippen LogP contribution is 2.22. The predicted octanol–water partition coefficient (Wildman–Crippen LogP) is 0.960. The number of aliphatic hydroxyl groups is 1. The first-order valence-electron chi connectivity index (χ1n) is 3.42. The van der Waals surface area contributed by atoms with E-state index in [4.69, 9.17) is 5.11 Å². The van der Waals surface area contributed by atoms with Crippen molar-refractivity contribution in [2.75, 3.05) is 0 Å². The molecule has 4 nitrogen and oxygen atoms in total. The van der Waals surface area contributed by atoms with E-state index in [0.717, 1.165) is 5.01 Å². The molecular formula is C7H9NO3S. The smallest absolute Gasteiger partial charge is 0.306 e. The van der Waals surface area contributed by atoms with E-state index in [1.54, 1.807) is 0 Å². The Kier molecular flexibility index (Phi) is 2.78. The average molecular weight is 187 g/mol. The second kappa shape index (κ2) is 3.64. The topological polar surface area (TPSA) is 70.4 Å². The van der Waals surface area contributed by atoms with Gasteiger partial charge in [-0.15, -0.1) is 11.3 Å². The lowest BCUT2D eigenvalue weighted by Crippen LogP contribution is -2.03. The van der Waals surface area contributed by atoms with Crippen LogP contribution in [0.2, 0.25) is 0 Å². The molecule has 0 saturated carbocycles. The zero-order valence-electron chi connectivity index (χ0n) is 6.52. The van der Waals surface area contributed by atoms with Gasteiger partial charge in [0.25, 0.3) is 0 Å². The van der Waals surface area contributed by atoms with Crippen molar-refractivity contribution in [2.24, 2.45) is 0 Å². The Bertz CT molecular complexity index is 284. The van der Waals surface area contributed by atoms with Crippen LogP contribution in [0.1, 0.15) is 22.4 Å². The molecule has 1 atom stereocenters. The molecule has 66 valence electrons. The van der Waals surface area contributed by atoms with Crippen LogP contribution in [-0.4, -0.2) is 21.2 Å². The summed E-state index contributed by atoms with van der Waals surface area (Å²) in [5.74, 6) is -1.01. The average Bonchev–Trinajstić information content (AvgIpc) is 2.34. The Morgan fingerprint density at radius 3 is 2.92 bits per heavy atom. The number of hydrogen-bond donors (Lipinski definition) is 2. The quantitative estimate of drug-likeness (QED) is 0.739. The highest BCUT2D eigenvalue weighted by molar-refractivity contribution is 7.11. The molecular weight excluding hydrogens is 178 g/mol. The molecule has 1 heterocycles. The van der Waals surface area contributed by atoms with Gasteiger partial charge in [0.05, 0.1) is 16.3 Å². The number of hydrogen-bond acceptors (Lipinski definition) is 4. The molecule has 0 unspecified atom stereocenters. The first kappa shape index (κ1) is 9.15. The molecule has 2 N–H and O–H groups in total. The van der Waals surface area contributed by atoms with E-state index >= 15 is 0 Å². The Morgan fingerprint density at radius 2 is 2.50 bits per heavy atom.